The molecule has 7 nitrogen and oxygen atoms in total. The van der Waals surface area contributed by atoms with E-state index in [1.54, 1.807) is 30.2 Å². The molecular formula is C26H26ClN5O2S. The molecule has 0 spiro atoms. The highest BCUT2D eigenvalue weighted by atomic mass is 35.5. The number of halogens is 1. The van der Waals surface area contributed by atoms with Crippen molar-refractivity contribution in [1.82, 2.24) is 14.9 Å². The van der Waals surface area contributed by atoms with Gasteiger partial charge in [0.2, 0.25) is 0 Å². The molecule has 0 aliphatic heterocycles. The van der Waals surface area contributed by atoms with E-state index in [0.29, 0.717) is 40.2 Å². The molecule has 0 aliphatic rings. The van der Waals surface area contributed by atoms with Gasteiger partial charge in [0, 0.05) is 30.1 Å². The molecule has 3 aromatic carbocycles. The first-order valence-corrected chi connectivity index (χ1v) is 12.3. The van der Waals surface area contributed by atoms with Crippen molar-refractivity contribution in [2.24, 2.45) is 0 Å². The van der Waals surface area contributed by atoms with Gasteiger partial charge in [0.25, 0.3) is 5.91 Å². The van der Waals surface area contributed by atoms with Crippen LogP contribution in [0.3, 0.4) is 0 Å². The first-order chi connectivity index (χ1) is 17.0. The summed E-state index contributed by atoms with van der Waals surface area (Å²) in [4.78, 5) is 24.8. The van der Waals surface area contributed by atoms with Gasteiger partial charge in [-0.3, -0.25) is 4.79 Å². The summed E-state index contributed by atoms with van der Waals surface area (Å²) in [6.45, 7) is 2.76. The van der Waals surface area contributed by atoms with Gasteiger partial charge < -0.3 is 19.7 Å². The number of amides is 1. The normalized spacial score (nSPS) is 10.7. The van der Waals surface area contributed by atoms with Crippen molar-refractivity contribution in [1.29, 1.82) is 0 Å². The van der Waals surface area contributed by atoms with E-state index in [0.717, 1.165) is 22.3 Å². The van der Waals surface area contributed by atoms with Crippen molar-refractivity contribution >= 4 is 57.8 Å². The highest BCUT2D eigenvalue weighted by Crippen LogP contribution is 2.33. The fraction of sp³-hybridized carbons (Fsp3) is 0.192. The number of aromatic nitrogens is 2. The number of nitrogens with zero attached hydrogens (tertiary/aromatic N) is 3. The third-order valence-corrected chi connectivity index (χ3v) is 6.36. The smallest absolute Gasteiger partial charge is 0.253 e. The van der Waals surface area contributed by atoms with Crippen LogP contribution in [0.4, 0.5) is 17.3 Å². The molecule has 0 atom stereocenters. The second-order valence-electron chi connectivity index (χ2n) is 7.84. The lowest BCUT2D eigenvalue weighted by Gasteiger charge is -2.17. The van der Waals surface area contributed by atoms with E-state index in [2.05, 4.69) is 17.0 Å². The van der Waals surface area contributed by atoms with Crippen molar-refractivity contribution in [3.8, 4) is 5.75 Å². The van der Waals surface area contributed by atoms with Gasteiger partial charge in [0.05, 0.1) is 28.9 Å². The molecule has 0 fully saturated rings. The maximum atomic E-state index is 12.7. The fourth-order valence-electron chi connectivity index (χ4n) is 3.47. The number of benzene rings is 3. The van der Waals surface area contributed by atoms with Gasteiger partial charge in [0.1, 0.15) is 5.75 Å². The second-order valence-corrected chi connectivity index (χ2v) is 9.13. The van der Waals surface area contributed by atoms with Crippen LogP contribution in [0.2, 0.25) is 5.02 Å². The quantitative estimate of drug-likeness (QED) is 0.246. The van der Waals surface area contributed by atoms with Crippen LogP contribution in [0.15, 0.2) is 71.6 Å². The molecule has 2 N–H and O–H groups in total. The van der Waals surface area contributed by atoms with Crippen molar-refractivity contribution in [3.05, 3.63) is 77.3 Å². The van der Waals surface area contributed by atoms with Gasteiger partial charge in [-0.2, -0.15) is 0 Å². The number of hydrogen-bond acceptors (Lipinski definition) is 7. The first-order valence-electron chi connectivity index (χ1n) is 11.1. The minimum atomic E-state index is -0.00480. The van der Waals surface area contributed by atoms with E-state index < -0.39 is 0 Å². The predicted molar refractivity (Wildman–Crippen MR) is 144 cm³/mol. The lowest BCUT2D eigenvalue weighted by molar-refractivity contribution is 0.0795. The van der Waals surface area contributed by atoms with Crippen LogP contribution in [-0.4, -0.2) is 41.5 Å². The topological polar surface area (TPSA) is 79.4 Å². The number of fused-ring (bicyclic) bond motifs is 1. The molecule has 0 radical (unpaired) electrons. The minimum absolute atomic E-state index is 0.00480. The third-order valence-electron chi connectivity index (χ3n) is 5.25. The molecule has 180 valence electrons. The molecule has 9 heteroatoms. The van der Waals surface area contributed by atoms with Crippen molar-refractivity contribution in [2.45, 2.75) is 18.2 Å². The summed E-state index contributed by atoms with van der Waals surface area (Å²) in [7, 11) is 3.42. The van der Waals surface area contributed by atoms with E-state index in [1.165, 1.54) is 11.9 Å². The Labute approximate surface area is 214 Å². The number of methoxy groups -OCH3 is 1. The first kappa shape index (κ1) is 24.6. The van der Waals surface area contributed by atoms with Gasteiger partial charge >= 0.3 is 0 Å². The minimum Gasteiger partial charge on any atom is -0.497 e. The van der Waals surface area contributed by atoms with Gasteiger partial charge in [-0.25, -0.2) is 9.97 Å². The number of hydrogen-bond donors (Lipinski definition) is 2. The maximum Gasteiger partial charge on any atom is 0.253 e. The van der Waals surface area contributed by atoms with Crippen molar-refractivity contribution in [3.63, 3.8) is 0 Å². The highest BCUT2D eigenvalue weighted by Gasteiger charge is 2.14. The predicted octanol–water partition coefficient (Wildman–Crippen LogP) is 6.64. The SMILES string of the molecule is CCCN(C)C(=O)c1cccc(SNc2nc3ccccc3nc2Nc2cc(OC)ccc2Cl)c1. The number of nitrogens with one attached hydrogen (secondary N) is 2. The number of rotatable bonds is 9. The lowest BCUT2D eigenvalue weighted by atomic mass is 10.2. The van der Waals surface area contributed by atoms with Gasteiger partial charge in [0.15, 0.2) is 11.6 Å². The summed E-state index contributed by atoms with van der Waals surface area (Å²) in [6, 6.07) is 20.5. The summed E-state index contributed by atoms with van der Waals surface area (Å²) in [5.41, 5.74) is 2.79. The average molecular weight is 508 g/mol. The van der Waals surface area contributed by atoms with Crippen LogP contribution in [0.1, 0.15) is 23.7 Å². The lowest BCUT2D eigenvalue weighted by Crippen LogP contribution is -2.27. The maximum absolute atomic E-state index is 12.7. The molecule has 0 unspecified atom stereocenters. The van der Waals surface area contributed by atoms with E-state index in [4.69, 9.17) is 26.3 Å². The average Bonchev–Trinajstić information content (AvgIpc) is 2.88. The number of ether oxygens (including phenoxy) is 1. The number of carbonyl (C=O) groups excluding carboxylic acids is 1. The van der Waals surface area contributed by atoms with Crippen molar-refractivity contribution < 1.29 is 9.53 Å². The number of carbonyl (C=O) groups is 1. The van der Waals surface area contributed by atoms with Crippen LogP contribution >= 0.6 is 23.5 Å². The molecule has 1 aromatic heterocycles. The van der Waals surface area contributed by atoms with E-state index in [-0.39, 0.29) is 5.91 Å². The Kier molecular flexibility index (Phi) is 7.94. The Morgan fingerprint density at radius 2 is 1.77 bits per heavy atom. The molecule has 35 heavy (non-hydrogen) atoms. The van der Waals surface area contributed by atoms with Crippen LogP contribution in [0.25, 0.3) is 11.0 Å². The molecule has 1 amide bonds. The van der Waals surface area contributed by atoms with E-state index in [1.807, 2.05) is 55.6 Å². The fourth-order valence-corrected chi connectivity index (χ4v) is 4.32. The van der Waals surface area contributed by atoms with Crippen LogP contribution in [0, 0.1) is 0 Å². The van der Waals surface area contributed by atoms with Crippen molar-refractivity contribution in [2.75, 3.05) is 30.7 Å². The Morgan fingerprint density at radius 1 is 1.03 bits per heavy atom. The number of para-hydroxylation sites is 2. The second kappa shape index (κ2) is 11.3. The Hall–Kier alpha value is -3.49. The van der Waals surface area contributed by atoms with Crippen LogP contribution < -0.4 is 14.8 Å². The highest BCUT2D eigenvalue weighted by molar-refractivity contribution is 8.00. The standard InChI is InChI=1S/C26H26ClN5O2S/c1-4-14-32(2)26(33)17-8-7-9-19(15-17)35-31-25-24(28-21-10-5-6-11-22(21)29-25)30-23-16-18(34-3)12-13-20(23)27/h5-13,15-16H,4,14H2,1-3H3,(H,28,30)(H,29,31). The summed E-state index contributed by atoms with van der Waals surface area (Å²) < 4.78 is 8.62. The molecule has 0 saturated heterocycles. The number of anilines is 3. The zero-order chi connectivity index (χ0) is 24.8. The molecule has 4 aromatic rings. The molecule has 1 heterocycles. The molecular weight excluding hydrogens is 482 g/mol. The summed E-state index contributed by atoms with van der Waals surface area (Å²) in [5.74, 6) is 1.72. The molecule has 4 rings (SSSR count). The molecule has 0 bridgehead atoms. The zero-order valence-corrected chi connectivity index (χ0v) is 21.3. The van der Waals surface area contributed by atoms with Gasteiger partial charge in [-0.15, -0.1) is 0 Å². The van der Waals surface area contributed by atoms with Gasteiger partial charge in [-0.05, 0) is 60.8 Å². The van der Waals surface area contributed by atoms with Gasteiger partial charge in [-0.1, -0.05) is 36.7 Å². The monoisotopic (exact) mass is 507 g/mol. The molecule has 0 saturated carbocycles. The van der Waals surface area contributed by atoms with Crippen LogP contribution in [0.5, 0.6) is 5.75 Å². The Balaban J connectivity index is 1.62. The molecule has 0 aliphatic carbocycles. The summed E-state index contributed by atoms with van der Waals surface area (Å²) >= 11 is 7.77. The summed E-state index contributed by atoms with van der Waals surface area (Å²) in [6.07, 6.45) is 0.909. The summed E-state index contributed by atoms with van der Waals surface area (Å²) in [5, 5.41) is 3.81. The largest absolute Gasteiger partial charge is 0.497 e. The van der Waals surface area contributed by atoms with Crippen LogP contribution in [-0.2, 0) is 0 Å². The van der Waals surface area contributed by atoms with E-state index >= 15 is 0 Å². The Bertz CT molecular complexity index is 1350. The van der Waals surface area contributed by atoms with E-state index in [9.17, 15) is 4.79 Å². The zero-order valence-electron chi connectivity index (χ0n) is 19.7. The Morgan fingerprint density at radius 3 is 2.49 bits per heavy atom. The third kappa shape index (κ3) is 5.96.